The van der Waals surface area contributed by atoms with Crippen LogP contribution in [0.15, 0.2) is 53.9 Å². The maximum absolute atomic E-state index is 13.7. The van der Waals surface area contributed by atoms with Gasteiger partial charge in [-0.05, 0) is 68.0 Å². The number of ether oxygens (including phenoxy) is 2. The Morgan fingerprint density at radius 1 is 1.12 bits per heavy atom. The van der Waals surface area contributed by atoms with E-state index in [0.717, 1.165) is 49.0 Å². The number of rotatable bonds is 5. The first kappa shape index (κ1) is 20.7. The summed E-state index contributed by atoms with van der Waals surface area (Å²) in [6, 6.07) is 10.9. The lowest BCUT2D eigenvalue weighted by Gasteiger charge is -2.35. The predicted molar refractivity (Wildman–Crippen MR) is 120 cm³/mol. The van der Waals surface area contributed by atoms with Gasteiger partial charge in [0.25, 0.3) is 5.91 Å². The summed E-state index contributed by atoms with van der Waals surface area (Å²) >= 11 is 0. The molecule has 2 aromatic rings. The second kappa shape index (κ2) is 8.41. The van der Waals surface area contributed by atoms with Gasteiger partial charge in [-0.2, -0.15) is 0 Å². The van der Waals surface area contributed by atoms with Crippen molar-refractivity contribution in [2.24, 2.45) is 5.92 Å². The molecular weight excluding hydrogens is 404 g/mol. The van der Waals surface area contributed by atoms with E-state index in [1.54, 1.807) is 11.1 Å². The van der Waals surface area contributed by atoms with Crippen LogP contribution in [0.5, 0.6) is 5.75 Å². The van der Waals surface area contributed by atoms with Crippen LogP contribution in [-0.4, -0.2) is 29.4 Å². The summed E-state index contributed by atoms with van der Waals surface area (Å²) < 4.78 is 11.9. The van der Waals surface area contributed by atoms with E-state index in [9.17, 15) is 9.59 Å². The van der Waals surface area contributed by atoms with Crippen molar-refractivity contribution in [1.82, 2.24) is 4.98 Å². The van der Waals surface area contributed by atoms with Crippen LogP contribution in [0.2, 0.25) is 0 Å². The average Bonchev–Trinajstić information content (AvgIpc) is 3.11. The molecule has 0 bridgehead atoms. The number of carbonyl (C=O) groups is 2. The molecule has 1 aliphatic carbocycles. The van der Waals surface area contributed by atoms with E-state index in [-0.39, 0.29) is 29.5 Å². The number of hydrogen-bond donors (Lipinski definition) is 0. The summed E-state index contributed by atoms with van der Waals surface area (Å²) in [4.78, 5) is 33.3. The largest absolute Gasteiger partial charge is 0.494 e. The third-order valence-corrected chi connectivity index (χ3v) is 6.58. The molecule has 3 unspecified atom stereocenters. The first-order chi connectivity index (χ1) is 15.6. The zero-order chi connectivity index (χ0) is 22.2. The number of benzene rings is 1. The fourth-order valence-electron chi connectivity index (χ4n) is 5.01. The Balaban J connectivity index is 1.59. The van der Waals surface area contributed by atoms with Crippen LogP contribution in [0.3, 0.4) is 0 Å². The molecule has 1 aromatic heterocycles. The molecule has 0 N–H and O–H groups in total. The van der Waals surface area contributed by atoms with Crippen LogP contribution < -0.4 is 9.64 Å². The molecule has 0 radical (unpaired) electrons. The highest BCUT2D eigenvalue weighted by Gasteiger charge is 2.52. The first-order valence-electron chi connectivity index (χ1n) is 11.5. The van der Waals surface area contributed by atoms with Crippen LogP contribution in [-0.2, 0) is 14.3 Å². The van der Waals surface area contributed by atoms with Gasteiger partial charge in [-0.15, -0.1) is 0 Å². The van der Waals surface area contributed by atoms with E-state index >= 15 is 0 Å². The Morgan fingerprint density at radius 3 is 2.66 bits per heavy atom. The predicted octanol–water partition coefficient (Wildman–Crippen LogP) is 4.68. The molecule has 5 rings (SSSR count). The quantitative estimate of drug-likeness (QED) is 0.686. The van der Waals surface area contributed by atoms with E-state index in [2.05, 4.69) is 11.9 Å². The molecule has 1 aromatic carbocycles. The molecule has 6 heteroatoms. The van der Waals surface area contributed by atoms with Crippen molar-refractivity contribution in [1.29, 1.82) is 0 Å². The third-order valence-electron chi connectivity index (χ3n) is 6.58. The zero-order valence-corrected chi connectivity index (χ0v) is 18.5. The van der Waals surface area contributed by atoms with E-state index < -0.39 is 6.04 Å². The molecule has 2 aliphatic heterocycles. The first-order valence-corrected chi connectivity index (χ1v) is 11.5. The Kier molecular flexibility index (Phi) is 5.45. The van der Waals surface area contributed by atoms with Crippen molar-refractivity contribution in [3.63, 3.8) is 0 Å². The highest BCUT2D eigenvalue weighted by molar-refractivity contribution is 6.17. The molecular formula is C26H28N2O4. The van der Waals surface area contributed by atoms with Crippen LogP contribution in [0.25, 0.3) is 0 Å². The van der Waals surface area contributed by atoms with E-state index in [1.807, 2.05) is 43.3 Å². The van der Waals surface area contributed by atoms with Crippen LogP contribution >= 0.6 is 0 Å². The van der Waals surface area contributed by atoms with Crippen molar-refractivity contribution in [2.75, 3.05) is 11.5 Å². The topological polar surface area (TPSA) is 68.7 Å². The molecule has 166 valence electrons. The van der Waals surface area contributed by atoms with Crippen LogP contribution in [0.1, 0.15) is 56.2 Å². The Labute approximate surface area is 188 Å². The minimum Gasteiger partial charge on any atom is -0.494 e. The summed E-state index contributed by atoms with van der Waals surface area (Å²) in [6.07, 6.45) is 6.09. The standard InChI is InChI=1S/C26H28N2O4/c1-3-14-31-18-10-8-17(9-11-18)23-22-24(29)19-6-4-5-7-20(19)32-25(22)26(30)28(23)21-15-16(2)12-13-27-21/h8-13,15,19-20,23H,3-7,14H2,1-2H3. The van der Waals surface area contributed by atoms with Crippen LogP contribution in [0, 0.1) is 12.8 Å². The van der Waals surface area contributed by atoms with Gasteiger partial charge >= 0.3 is 0 Å². The molecule has 3 aliphatic rings. The summed E-state index contributed by atoms with van der Waals surface area (Å²) in [6.45, 7) is 4.67. The van der Waals surface area contributed by atoms with Crippen molar-refractivity contribution in [2.45, 2.75) is 58.1 Å². The summed E-state index contributed by atoms with van der Waals surface area (Å²) in [5.41, 5.74) is 2.32. The SMILES string of the molecule is CCCOc1ccc(C2C3=C(OC4CCCCC4C3=O)C(=O)N2c2cc(C)ccn2)cc1. The van der Waals surface area contributed by atoms with E-state index in [1.165, 1.54) is 0 Å². The molecule has 0 saturated heterocycles. The van der Waals surface area contributed by atoms with Gasteiger partial charge in [0.2, 0.25) is 0 Å². The van der Waals surface area contributed by atoms with Gasteiger partial charge in [0.1, 0.15) is 17.7 Å². The van der Waals surface area contributed by atoms with Gasteiger partial charge in [0.05, 0.1) is 24.1 Å². The molecule has 32 heavy (non-hydrogen) atoms. The highest BCUT2D eigenvalue weighted by Crippen LogP contribution is 2.48. The number of amides is 1. The normalized spacial score (nSPS) is 24.8. The van der Waals surface area contributed by atoms with Gasteiger partial charge in [-0.1, -0.05) is 25.5 Å². The molecule has 0 spiro atoms. The number of anilines is 1. The van der Waals surface area contributed by atoms with Crippen LogP contribution in [0.4, 0.5) is 5.82 Å². The minimum absolute atomic E-state index is 0.0516. The maximum atomic E-state index is 13.7. The van der Waals surface area contributed by atoms with Crippen molar-refractivity contribution in [3.05, 3.63) is 65.1 Å². The van der Waals surface area contributed by atoms with E-state index in [4.69, 9.17) is 9.47 Å². The maximum Gasteiger partial charge on any atom is 0.295 e. The lowest BCUT2D eigenvalue weighted by molar-refractivity contribution is -0.131. The number of ketones is 1. The molecule has 1 fully saturated rings. The number of pyridine rings is 1. The number of aryl methyl sites for hydroxylation is 1. The average molecular weight is 433 g/mol. The summed E-state index contributed by atoms with van der Waals surface area (Å²) in [5.74, 6) is 1.10. The smallest absolute Gasteiger partial charge is 0.295 e. The molecule has 1 saturated carbocycles. The monoisotopic (exact) mass is 432 g/mol. The Morgan fingerprint density at radius 2 is 1.91 bits per heavy atom. The summed E-state index contributed by atoms with van der Waals surface area (Å²) in [7, 11) is 0. The zero-order valence-electron chi connectivity index (χ0n) is 18.5. The Bertz CT molecular complexity index is 1080. The number of carbonyl (C=O) groups excluding carboxylic acids is 2. The summed E-state index contributed by atoms with van der Waals surface area (Å²) in [5, 5.41) is 0. The number of aromatic nitrogens is 1. The van der Waals surface area contributed by atoms with Gasteiger partial charge < -0.3 is 9.47 Å². The molecule has 1 amide bonds. The fourth-order valence-corrected chi connectivity index (χ4v) is 5.01. The highest BCUT2D eigenvalue weighted by atomic mass is 16.5. The number of nitrogens with zero attached hydrogens (tertiary/aromatic N) is 2. The number of Topliss-reactive ketones (excluding diaryl/α,β-unsaturated/α-hetero) is 1. The molecule has 3 heterocycles. The fraction of sp³-hybridized carbons (Fsp3) is 0.423. The van der Waals surface area contributed by atoms with Gasteiger partial charge in [0, 0.05) is 6.20 Å². The second-order valence-corrected chi connectivity index (χ2v) is 8.84. The molecule has 6 nitrogen and oxygen atoms in total. The third kappa shape index (κ3) is 3.48. The van der Waals surface area contributed by atoms with Gasteiger partial charge in [-0.3, -0.25) is 14.5 Å². The second-order valence-electron chi connectivity index (χ2n) is 8.84. The Hall–Kier alpha value is -3.15. The van der Waals surface area contributed by atoms with Crippen molar-refractivity contribution in [3.8, 4) is 5.75 Å². The van der Waals surface area contributed by atoms with Crippen molar-refractivity contribution < 1.29 is 19.1 Å². The lowest BCUT2D eigenvalue weighted by atomic mass is 9.77. The lowest BCUT2D eigenvalue weighted by Crippen LogP contribution is -2.39. The van der Waals surface area contributed by atoms with Gasteiger partial charge in [-0.25, -0.2) is 4.98 Å². The van der Waals surface area contributed by atoms with Crippen molar-refractivity contribution >= 4 is 17.5 Å². The number of fused-ring (bicyclic) bond motifs is 1. The van der Waals surface area contributed by atoms with E-state index in [0.29, 0.717) is 18.0 Å². The molecule has 3 atom stereocenters. The van der Waals surface area contributed by atoms with Gasteiger partial charge in [0.15, 0.2) is 11.5 Å². The minimum atomic E-state index is -0.553. The number of hydrogen-bond acceptors (Lipinski definition) is 5.